The van der Waals surface area contributed by atoms with Crippen LogP contribution in [0.25, 0.3) is 66.1 Å². The van der Waals surface area contributed by atoms with Crippen LogP contribution in [0.5, 0.6) is 0 Å². The number of hydrogen-bond acceptors (Lipinski definition) is 0. The monoisotopic (exact) mass is 864 g/mol. The van der Waals surface area contributed by atoms with Crippen molar-refractivity contribution < 1.29 is 20.8 Å². The van der Waals surface area contributed by atoms with Crippen LogP contribution < -0.4 is 0 Å². The SMILES string of the molecule is CCCCc1ccccc1-c1cccc2[cH-]c(-c3ccccc3)cc12.CCCCc1ccccc1-c1cccc2[cH-]c(-c3ccccc3)cc12.C[Si]C.[Cl][Zr+2][Cl]. The molecule has 8 aromatic carbocycles. The van der Waals surface area contributed by atoms with Crippen LogP contribution in [0.3, 0.4) is 0 Å². The second kappa shape index (κ2) is 23.5. The van der Waals surface area contributed by atoms with Crippen LogP contribution in [0.2, 0.25) is 13.1 Å². The van der Waals surface area contributed by atoms with E-state index in [1.807, 2.05) is 0 Å². The Bertz CT molecular complexity index is 2170. The first-order valence-corrected chi connectivity index (χ1v) is 28.1. The molecule has 0 amide bonds. The van der Waals surface area contributed by atoms with Gasteiger partial charge in [-0.25, -0.2) is 0 Å². The molecule has 0 N–H and O–H groups in total. The van der Waals surface area contributed by atoms with E-state index in [0.717, 1.165) is 22.4 Å². The third-order valence-electron chi connectivity index (χ3n) is 9.93. The molecule has 8 rings (SSSR count). The van der Waals surface area contributed by atoms with Crippen molar-refractivity contribution in [1.82, 2.24) is 0 Å². The Balaban J connectivity index is 0.000000188. The molecule has 0 saturated heterocycles. The summed E-state index contributed by atoms with van der Waals surface area (Å²) >= 11 is -0.826. The molecule has 0 saturated carbocycles. The molecule has 0 aromatic heterocycles. The first-order valence-electron chi connectivity index (χ1n) is 19.8. The van der Waals surface area contributed by atoms with Crippen LogP contribution >= 0.6 is 17.0 Å². The van der Waals surface area contributed by atoms with Gasteiger partial charge in [0.1, 0.15) is 0 Å². The number of halogens is 2. The Labute approximate surface area is 357 Å². The fourth-order valence-electron chi connectivity index (χ4n) is 7.27. The number of rotatable bonds is 10. The Morgan fingerprint density at radius 1 is 0.464 bits per heavy atom. The minimum atomic E-state index is -0.826. The summed E-state index contributed by atoms with van der Waals surface area (Å²) in [7, 11) is 11.0. The number of unbranched alkanes of at least 4 members (excludes halogenated alkanes) is 2. The third kappa shape index (κ3) is 11.6. The van der Waals surface area contributed by atoms with Crippen molar-refractivity contribution >= 4 is 48.1 Å². The number of aryl methyl sites for hydroxylation is 2. The van der Waals surface area contributed by atoms with Crippen molar-refractivity contribution in [3.63, 3.8) is 0 Å². The molecule has 0 bridgehead atoms. The molecule has 0 unspecified atom stereocenters. The summed E-state index contributed by atoms with van der Waals surface area (Å²) in [6.07, 6.45) is 7.23. The molecular weight excluding hydrogens is 815 g/mol. The average Bonchev–Trinajstić information content (AvgIpc) is 3.90. The van der Waals surface area contributed by atoms with E-state index in [-0.39, 0.29) is 0 Å². The first kappa shape index (κ1) is 43.3. The Kier molecular flexibility index (Phi) is 18.2. The maximum atomic E-state index is 4.93. The van der Waals surface area contributed by atoms with E-state index in [0.29, 0.717) is 0 Å². The molecule has 0 heterocycles. The van der Waals surface area contributed by atoms with Crippen LogP contribution in [-0.2, 0) is 33.7 Å². The molecule has 8 aromatic rings. The zero-order valence-electron chi connectivity index (χ0n) is 33.2. The number of fused-ring (bicyclic) bond motifs is 2. The van der Waals surface area contributed by atoms with Gasteiger partial charge >= 0.3 is 37.9 Å². The summed E-state index contributed by atoms with van der Waals surface area (Å²) < 4.78 is 0. The van der Waals surface area contributed by atoms with Crippen LogP contribution in [0.15, 0.2) is 170 Å². The van der Waals surface area contributed by atoms with Gasteiger partial charge in [-0.3, -0.25) is 0 Å². The molecule has 0 aliphatic carbocycles. The Hall–Kier alpha value is -3.78. The van der Waals surface area contributed by atoms with Gasteiger partial charge in [0.15, 0.2) is 0 Å². The molecule has 56 heavy (non-hydrogen) atoms. The zero-order valence-corrected chi connectivity index (χ0v) is 38.1. The molecule has 4 heteroatoms. The molecule has 0 fully saturated rings. The standard InChI is InChI=1S/2C25H23.C2H6Si.2ClH.Zr/c2*1-2-3-10-20-13-7-8-15-23(20)24-16-9-14-21-17-22(18-25(21)24)19-11-5-4-6-12-19;1-3-2;;;/h2*4-9,11-18H,2-3,10H2,1H3;1-2H3;2*1H;/q2*-1;;;;+4/p-2. The van der Waals surface area contributed by atoms with Gasteiger partial charge < -0.3 is 0 Å². The predicted octanol–water partition coefficient (Wildman–Crippen LogP) is 16.6. The molecule has 0 aliphatic rings. The van der Waals surface area contributed by atoms with E-state index < -0.39 is 20.8 Å². The van der Waals surface area contributed by atoms with Crippen molar-refractivity contribution in [2.24, 2.45) is 0 Å². The van der Waals surface area contributed by atoms with Crippen molar-refractivity contribution in [2.75, 3.05) is 0 Å². The normalized spacial score (nSPS) is 10.4. The summed E-state index contributed by atoms with van der Waals surface area (Å²) in [6, 6.07) is 61.7. The molecule has 0 spiro atoms. The molecule has 0 aliphatic heterocycles. The summed E-state index contributed by atoms with van der Waals surface area (Å²) in [5, 5.41) is 5.35. The van der Waals surface area contributed by atoms with Gasteiger partial charge in [0, 0.05) is 9.52 Å². The van der Waals surface area contributed by atoms with Gasteiger partial charge in [-0.1, -0.05) is 195 Å². The molecule has 2 radical (unpaired) electrons. The second-order valence-corrected chi connectivity index (χ2v) is 18.7. The first-order chi connectivity index (χ1) is 27.6. The summed E-state index contributed by atoms with van der Waals surface area (Å²) in [5.74, 6) is 0. The van der Waals surface area contributed by atoms with Gasteiger partial charge in [-0.2, -0.15) is 0 Å². The summed E-state index contributed by atoms with van der Waals surface area (Å²) in [4.78, 5) is 0. The van der Waals surface area contributed by atoms with E-state index in [1.54, 1.807) is 0 Å². The third-order valence-corrected chi connectivity index (χ3v) is 9.93. The van der Waals surface area contributed by atoms with Crippen LogP contribution in [0.1, 0.15) is 50.7 Å². The van der Waals surface area contributed by atoms with E-state index in [2.05, 4.69) is 197 Å². The summed E-state index contributed by atoms with van der Waals surface area (Å²) in [6.45, 7) is 8.82. The van der Waals surface area contributed by atoms with E-state index in [1.165, 1.54) is 103 Å². The molecule has 0 nitrogen and oxygen atoms in total. The Morgan fingerprint density at radius 2 is 0.804 bits per heavy atom. The number of hydrogen-bond donors (Lipinski definition) is 0. The topological polar surface area (TPSA) is 0 Å². The van der Waals surface area contributed by atoms with Crippen molar-refractivity contribution in [2.45, 2.75) is 65.5 Å². The van der Waals surface area contributed by atoms with E-state index >= 15 is 0 Å². The summed E-state index contributed by atoms with van der Waals surface area (Å²) in [5.41, 5.74) is 13.5. The average molecular weight is 867 g/mol. The van der Waals surface area contributed by atoms with Crippen LogP contribution in [0.4, 0.5) is 0 Å². The van der Waals surface area contributed by atoms with E-state index in [4.69, 9.17) is 17.0 Å². The molecule has 0 atom stereocenters. The van der Waals surface area contributed by atoms with Gasteiger partial charge in [-0.05, 0) is 47.9 Å². The quantitative estimate of drug-likeness (QED) is 0.0949. The van der Waals surface area contributed by atoms with Crippen molar-refractivity contribution in [3.8, 4) is 44.5 Å². The van der Waals surface area contributed by atoms with Gasteiger partial charge in [0.2, 0.25) is 0 Å². The van der Waals surface area contributed by atoms with Crippen molar-refractivity contribution in [3.05, 3.63) is 181 Å². The van der Waals surface area contributed by atoms with E-state index in [9.17, 15) is 0 Å². The van der Waals surface area contributed by atoms with Gasteiger partial charge in [0.25, 0.3) is 0 Å². The van der Waals surface area contributed by atoms with Crippen molar-refractivity contribution in [1.29, 1.82) is 0 Å². The molecule has 282 valence electrons. The van der Waals surface area contributed by atoms with Crippen LogP contribution in [0, 0.1) is 0 Å². The predicted molar refractivity (Wildman–Crippen MR) is 247 cm³/mol. The fourth-order valence-corrected chi connectivity index (χ4v) is 7.27. The fraction of sp³-hybridized carbons (Fsp3) is 0.192. The van der Waals surface area contributed by atoms with Gasteiger partial charge in [0.05, 0.1) is 0 Å². The second-order valence-electron chi connectivity index (χ2n) is 13.9. The minimum absolute atomic E-state index is 0.826. The molecular formula is C52H52Cl2SiZr. The Morgan fingerprint density at radius 3 is 1.18 bits per heavy atom. The maximum absolute atomic E-state index is 4.93. The zero-order chi connectivity index (χ0) is 39.5. The van der Waals surface area contributed by atoms with Crippen LogP contribution in [-0.4, -0.2) is 9.52 Å². The van der Waals surface area contributed by atoms with Gasteiger partial charge in [-0.15, -0.1) is 69.1 Å². The number of benzene rings is 6.